The third-order valence-electron chi connectivity index (χ3n) is 5.49. The summed E-state index contributed by atoms with van der Waals surface area (Å²) in [6.45, 7) is 3.00. The molecule has 0 saturated heterocycles. The molecule has 1 aromatic carbocycles. The van der Waals surface area contributed by atoms with E-state index in [1.807, 2.05) is 25.1 Å². The Hall–Kier alpha value is -2.95. The van der Waals surface area contributed by atoms with Gasteiger partial charge in [-0.2, -0.15) is 0 Å². The lowest BCUT2D eigenvalue weighted by Gasteiger charge is -2.17. The van der Waals surface area contributed by atoms with Crippen LogP contribution in [0.25, 0.3) is 0 Å². The summed E-state index contributed by atoms with van der Waals surface area (Å²) < 4.78 is 15.8. The van der Waals surface area contributed by atoms with Crippen molar-refractivity contribution in [3.63, 3.8) is 0 Å². The molecule has 3 aromatic rings. The number of nitrogens with one attached hydrogen (secondary N) is 1. The van der Waals surface area contributed by atoms with E-state index in [1.165, 1.54) is 17.3 Å². The predicted octanol–water partition coefficient (Wildman–Crippen LogP) is 4.19. The van der Waals surface area contributed by atoms with Gasteiger partial charge in [-0.15, -0.1) is 0 Å². The second-order valence-electron chi connectivity index (χ2n) is 7.36. The Morgan fingerprint density at radius 2 is 1.93 bits per heavy atom. The number of carbonyl (C=O) groups is 1. The second-order valence-corrected chi connectivity index (χ2v) is 7.36. The Balaban J connectivity index is 1.67. The Morgan fingerprint density at radius 1 is 1.14 bits per heavy atom. The van der Waals surface area contributed by atoms with Gasteiger partial charge >= 0.3 is 0 Å². The van der Waals surface area contributed by atoms with Crippen molar-refractivity contribution in [2.75, 3.05) is 0 Å². The smallest absolute Gasteiger partial charge is 0.268 e. The SMILES string of the molecule is Cc1c2c(n(Cc3cccc(F)c3)c1C(=O)NCc1ccncc1)CCCC2. The molecule has 2 aromatic heterocycles. The lowest BCUT2D eigenvalue weighted by molar-refractivity contribution is 0.0941. The number of aromatic nitrogens is 2. The van der Waals surface area contributed by atoms with Crippen molar-refractivity contribution in [1.82, 2.24) is 14.9 Å². The van der Waals surface area contributed by atoms with Crippen LogP contribution in [0.3, 0.4) is 0 Å². The molecule has 0 bridgehead atoms. The van der Waals surface area contributed by atoms with E-state index in [9.17, 15) is 9.18 Å². The molecule has 144 valence electrons. The van der Waals surface area contributed by atoms with E-state index in [0.717, 1.165) is 42.4 Å². The number of hydrogen-bond donors (Lipinski definition) is 1. The minimum atomic E-state index is -0.251. The highest BCUT2D eigenvalue weighted by Crippen LogP contribution is 2.30. The summed E-state index contributed by atoms with van der Waals surface area (Å²) in [4.78, 5) is 17.1. The zero-order chi connectivity index (χ0) is 19.5. The molecule has 1 amide bonds. The van der Waals surface area contributed by atoms with Crippen molar-refractivity contribution in [2.24, 2.45) is 0 Å². The number of nitrogens with zero attached hydrogens (tertiary/aromatic N) is 2. The molecular weight excluding hydrogens is 353 g/mol. The maximum Gasteiger partial charge on any atom is 0.268 e. The summed E-state index contributed by atoms with van der Waals surface area (Å²) in [7, 11) is 0. The van der Waals surface area contributed by atoms with E-state index < -0.39 is 0 Å². The molecule has 4 nitrogen and oxygen atoms in total. The van der Waals surface area contributed by atoms with Crippen LogP contribution >= 0.6 is 0 Å². The molecule has 1 N–H and O–H groups in total. The van der Waals surface area contributed by atoms with Gasteiger partial charge in [0.25, 0.3) is 5.91 Å². The summed E-state index contributed by atoms with van der Waals surface area (Å²) in [5.41, 5.74) is 6.14. The summed E-state index contributed by atoms with van der Waals surface area (Å²) in [6.07, 6.45) is 7.68. The quantitative estimate of drug-likeness (QED) is 0.725. The van der Waals surface area contributed by atoms with Crippen molar-refractivity contribution >= 4 is 5.91 Å². The molecule has 0 spiro atoms. The highest BCUT2D eigenvalue weighted by atomic mass is 19.1. The van der Waals surface area contributed by atoms with Gasteiger partial charge in [-0.05, 0) is 79.1 Å². The van der Waals surface area contributed by atoms with Crippen LogP contribution in [-0.2, 0) is 25.9 Å². The summed E-state index contributed by atoms with van der Waals surface area (Å²) in [5.74, 6) is -0.334. The van der Waals surface area contributed by atoms with Crippen LogP contribution in [0.1, 0.15) is 51.3 Å². The number of amides is 1. The average Bonchev–Trinajstić information content (AvgIpc) is 2.99. The summed E-state index contributed by atoms with van der Waals surface area (Å²) in [5, 5.41) is 3.04. The van der Waals surface area contributed by atoms with Crippen molar-refractivity contribution in [3.8, 4) is 0 Å². The number of hydrogen-bond acceptors (Lipinski definition) is 2. The highest BCUT2D eigenvalue weighted by molar-refractivity contribution is 5.95. The van der Waals surface area contributed by atoms with E-state index in [1.54, 1.807) is 24.5 Å². The Bertz CT molecular complexity index is 995. The average molecular weight is 377 g/mol. The number of benzene rings is 1. The number of carbonyl (C=O) groups excluding carboxylic acids is 1. The summed E-state index contributed by atoms with van der Waals surface area (Å²) >= 11 is 0. The number of fused-ring (bicyclic) bond motifs is 1. The van der Waals surface area contributed by atoms with Gasteiger partial charge in [-0.1, -0.05) is 12.1 Å². The van der Waals surface area contributed by atoms with Crippen molar-refractivity contribution in [1.29, 1.82) is 0 Å². The molecular formula is C23H24FN3O. The predicted molar refractivity (Wildman–Crippen MR) is 107 cm³/mol. The van der Waals surface area contributed by atoms with Gasteiger partial charge in [0.2, 0.25) is 0 Å². The summed E-state index contributed by atoms with van der Waals surface area (Å²) in [6, 6.07) is 10.4. The van der Waals surface area contributed by atoms with Crippen molar-refractivity contribution in [2.45, 2.75) is 45.7 Å². The minimum absolute atomic E-state index is 0.0832. The Labute approximate surface area is 164 Å². The van der Waals surface area contributed by atoms with Gasteiger partial charge < -0.3 is 9.88 Å². The topological polar surface area (TPSA) is 46.9 Å². The lowest BCUT2D eigenvalue weighted by Crippen LogP contribution is -2.27. The molecule has 0 fully saturated rings. The van der Waals surface area contributed by atoms with Gasteiger partial charge in [0.15, 0.2) is 0 Å². The standard InChI is InChI=1S/C23H24FN3O/c1-16-20-7-2-3-8-21(20)27(15-18-5-4-6-19(24)13-18)22(16)23(28)26-14-17-9-11-25-12-10-17/h4-6,9-13H,2-3,7-8,14-15H2,1H3,(H,26,28). The van der Waals surface area contributed by atoms with Crippen LogP contribution < -0.4 is 5.32 Å². The minimum Gasteiger partial charge on any atom is -0.347 e. The maximum atomic E-state index is 13.7. The van der Waals surface area contributed by atoms with Gasteiger partial charge in [0, 0.05) is 31.2 Å². The third-order valence-corrected chi connectivity index (χ3v) is 5.49. The zero-order valence-corrected chi connectivity index (χ0v) is 16.0. The van der Waals surface area contributed by atoms with E-state index in [2.05, 4.69) is 14.9 Å². The number of halogens is 1. The van der Waals surface area contributed by atoms with Crippen LogP contribution in [0.5, 0.6) is 0 Å². The van der Waals surface area contributed by atoms with E-state index >= 15 is 0 Å². The molecule has 0 radical (unpaired) electrons. The fourth-order valence-corrected chi connectivity index (χ4v) is 4.12. The first-order chi connectivity index (χ1) is 13.6. The molecule has 5 heteroatoms. The number of pyridine rings is 1. The molecule has 4 rings (SSSR count). The van der Waals surface area contributed by atoms with E-state index in [0.29, 0.717) is 18.8 Å². The second kappa shape index (κ2) is 7.97. The molecule has 0 unspecified atom stereocenters. The third kappa shape index (κ3) is 3.70. The first-order valence-electron chi connectivity index (χ1n) is 9.76. The van der Waals surface area contributed by atoms with E-state index in [-0.39, 0.29) is 11.7 Å². The fraction of sp³-hybridized carbons (Fsp3) is 0.304. The first kappa shape index (κ1) is 18.4. The van der Waals surface area contributed by atoms with E-state index in [4.69, 9.17) is 0 Å². The Kier molecular flexibility index (Phi) is 5.24. The monoisotopic (exact) mass is 377 g/mol. The first-order valence-corrected chi connectivity index (χ1v) is 9.76. The molecule has 0 aliphatic heterocycles. The van der Waals surface area contributed by atoms with Crippen LogP contribution in [0.15, 0.2) is 48.8 Å². The molecule has 1 aliphatic rings. The van der Waals surface area contributed by atoms with Crippen molar-refractivity contribution in [3.05, 3.63) is 88.3 Å². The zero-order valence-electron chi connectivity index (χ0n) is 16.0. The maximum absolute atomic E-state index is 13.7. The molecule has 28 heavy (non-hydrogen) atoms. The molecule has 1 aliphatic carbocycles. The molecule has 0 saturated carbocycles. The van der Waals surface area contributed by atoms with Crippen LogP contribution in [-0.4, -0.2) is 15.5 Å². The van der Waals surface area contributed by atoms with Crippen LogP contribution in [0, 0.1) is 12.7 Å². The molecule has 2 heterocycles. The molecule has 0 atom stereocenters. The van der Waals surface area contributed by atoms with Gasteiger partial charge in [-0.25, -0.2) is 4.39 Å². The largest absolute Gasteiger partial charge is 0.347 e. The van der Waals surface area contributed by atoms with Crippen molar-refractivity contribution < 1.29 is 9.18 Å². The van der Waals surface area contributed by atoms with Gasteiger partial charge in [-0.3, -0.25) is 9.78 Å². The fourth-order valence-electron chi connectivity index (χ4n) is 4.12. The normalized spacial score (nSPS) is 13.2. The van der Waals surface area contributed by atoms with Gasteiger partial charge in [0.1, 0.15) is 11.5 Å². The Morgan fingerprint density at radius 3 is 2.71 bits per heavy atom. The lowest BCUT2D eigenvalue weighted by atomic mass is 9.95. The van der Waals surface area contributed by atoms with Gasteiger partial charge in [0.05, 0.1) is 0 Å². The van der Waals surface area contributed by atoms with Crippen LogP contribution in [0.4, 0.5) is 4.39 Å². The number of rotatable bonds is 5. The van der Waals surface area contributed by atoms with Crippen LogP contribution in [0.2, 0.25) is 0 Å². The highest BCUT2D eigenvalue weighted by Gasteiger charge is 2.26.